The number of fused-ring (bicyclic) bond motifs is 1. The summed E-state index contributed by atoms with van der Waals surface area (Å²) in [4.78, 5) is 0. The molecule has 19 heavy (non-hydrogen) atoms. The maximum absolute atomic E-state index is 9.08. The summed E-state index contributed by atoms with van der Waals surface area (Å²) in [6.07, 6.45) is 3.80. The fourth-order valence-electron chi connectivity index (χ4n) is 2.40. The Balaban J connectivity index is 1.89. The minimum Gasteiger partial charge on any atom is -0.476 e. The van der Waals surface area contributed by atoms with Gasteiger partial charge in [0.1, 0.15) is 0 Å². The molecule has 5 heteroatoms. The van der Waals surface area contributed by atoms with Crippen LogP contribution in [0.5, 0.6) is 5.88 Å². The number of rotatable bonds is 5. The van der Waals surface area contributed by atoms with Crippen molar-refractivity contribution in [1.82, 2.24) is 9.78 Å². The quantitative estimate of drug-likeness (QED) is 0.805. The van der Waals surface area contributed by atoms with Gasteiger partial charge in [0.2, 0.25) is 5.88 Å². The second kappa shape index (κ2) is 5.09. The van der Waals surface area contributed by atoms with Crippen LogP contribution in [0.1, 0.15) is 19.3 Å². The molecule has 0 unspecified atom stereocenters. The van der Waals surface area contributed by atoms with E-state index in [0.717, 1.165) is 17.5 Å². The fraction of sp³-hybridized carbons (Fsp3) is 0.500. The normalized spacial score (nSPS) is 15.6. The van der Waals surface area contributed by atoms with Crippen molar-refractivity contribution in [2.24, 2.45) is 5.92 Å². The molecule has 3 N–H and O–H groups in total. The van der Waals surface area contributed by atoms with Crippen LogP contribution in [0.25, 0.3) is 10.9 Å². The van der Waals surface area contributed by atoms with Gasteiger partial charge in [0.05, 0.1) is 30.7 Å². The van der Waals surface area contributed by atoms with Crippen molar-refractivity contribution < 1.29 is 9.84 Å². The summed E-state index contributed by atoms with van der Waals surface area (Å²) >= 11 is 0. The van der Waals surface area contributed by atoms with E-state index in [9.17, 15) is 0 Å². The van der Waals surface area contributed by atoms with Crippen LogP contribution in [0.2, 0.25) is 0 Å². The van der Waals surface area contributed by atoms with Gasteiger partial charge in [-0.1, -0.05) is 6.42 Å². The van der Waals surface area contributed by atoms with Gasteiger partial charge in [0, 0.05) is 5.69 Å². The molecule has 1 heterocycles. The van der Waals surface area contributed by atoms with Gasteiger partial charge in [-0.2, -0.15) is 0 Å². The molecule has 1 aliphatic rings. The lowest BCUT2D eigenvalue weighted by molar-refractivity contribution is 0.175. The summed E-state index contributed by atoms with van der Waals surface area (Å²) in [5, 5.41) is 14.4. The van der Waals surface area contributed by atoms with Crippen LogP contribution in [0, 0.1) is 5.92 Å². The van der Waals surface area contributed by atoms with E-state index in [2.05, 4.69) is 5.10 Å². The van der Waals surface area contributed by atoms with Crippen LogP contribution in [0.3, 0.4) is 0 Å². The Morgan fingerprint density at radius 1 is 1.42 bits per heavy atom. The zero-order valence-corrected chi connectivity index (χ0v) is 10.9. The van der Waals surface area contributed by atoms with Crippen molar-refractivity contribution >= 4 is 16.6 Å². The number of nitrogens with two attached hydrogens (primary N) is 1. The standard InChI is InChI=1S/C14H19N3O2/c15-11-4-5-13-12(8-11)14(16-17(13)6-7-18)19-9-10-2-1-3-10/h4-5,8,10,18H,1-3,6-7,9,15H2. The first kappa shape index (κ1) is 12.3. The fourth-order valence-corrected chi connectivity index (χ4v) is 2.40. The van der Waals surface area contributed by atoms with Gasteiger partial charge in [0.15, 0.2) is 0 Å². The Labute approximate surface area is 112 Å². The topological polar surface area (TPSA) is 73.3 Å². The molecular formula is C14H19N3O2. The average molecular weight is 261 g/mol. The molecule has 0 atom stereocenters. The molecule has 1 fully saturated rings. The van der Waals surface area contributed by atoms with Crippen LogP contribution in [0.15, 0.2) is 18.2 Å². The average Bonchev–Trinajstić information content (AvgIpc) is 2.66. The molecule has 1 aromatic heterocycles. The SMILES string of the molecule is Nc1ccc2c(c1)c(OCC1CCC1)nn2CCO. The highest BCUT2D eigenvalue weighted by atomic mass is 16.5. The molecule has 0 amide bonds. The largest absolute Gasteiger partial charge is 0.476 e. The van der Waals surface area contributed by atoms with Crippen LogP contribution in [-0.2, 0) is 6.54 Å². The third-order valence-electron chi connectivity index (χ3n) is 3.73. The van der Waals surface area contributed by atoms with Crippen molar-refractivity contribution in [3.8, 4) is 5.88 Å². The number of aliphatic hydroxyl groups is 1. The Hall–Kier alpha value is -1.75. The summed E-state index contributed by atoms with van der Waals surface area (Å²) in [5.41, 5.74) is 7.48. The number of nitrogen functional groups attached to an aromatic ring is 1. The maximum Gasteiger partial charge on any atom is 0.240 e. The zero-order chi connectivity index (χ0) is 13.2. The predicted molar refractivity (Wildman–Crippen MR) is 74.1 cm³/mol. The molecule has 2 aromatic rings. The Kier molecular flexibility index (Phi) is 3.29. The zero-order valence-electron chi connectivity index (χ0n) is 10.9. The molecule has 0 bridgehead atoms. The maximum atomic E-state index is 9.08. The molecule has 1 aliphatic carbocycles. The molecule has 5 nitrogen and oxygen atoms in total. The van der Waals surface area contributed by atoms with E-state index in [1.54, 1.807) is 4.68 Å². The number of ether oxygens (including phenoxy) is 1. The number of aromatic nitrogens is 2. The molecule has 102 valence electrons. The lowest BCUT2D eigenvalue weighted by atomic mass is 9.86. The van der Waals surface area contributed by atoms with E-state index >= 15 is 0 Å². The number of aliphatic hydroxyl groups excluding tert-OH is 1. The summed E-state index contributed by atoms with van der Waals surface area (Å²) in [6.45, 7) is 1.25. The molecule has 1 saturated carbocycles. The minimum atomic E-state index is 0.0588. The van der Waals surface area contributed by atoms with Gasteiger partial charge in [-0.25, -0.2) is 0 Å². The molecule has 0 radical (unpaired) electrons. The highest BCUT2D eigenvalue weighted by molar-refractivity contribution is 5.87. The molecule has 0 aliphatic heterocycles. The van der Waals surface area contributed by atoms with Gasteiger partial charge >= 0.3 is 0 Å². The van der Waals surface area contributed by atoms with Crippen LogP contribution >= 0.6 is 0 Å². The first-order chi connectivity index (χ1) is 9.28. The van der Waals surface area contributed by atoms with Gasteiger partial charge < -0.3 is 15.6 Å². The summed E-state index contributed by atoms with van der Waals surface area (Å²) in [7, 11) is 0. The number of hydrogen-bond donors (Lipinski definition) is 2. The molecule has 3 rings (SSSR count). The van der Waals surface area contributed by atoms with Crippen molar-refractivity contribution in [2.75, 3.05) is 18.9 Å². The van der Waals surface area contributed by atoms with E-state index in [1.807, 2.05) is 18.2 Å². The summed E-state index contributed by atoms with van der Waals surface area (Å²) in [6, 6.07) is 5.64. The monoisotopic (exact) mass is 261 g/mol. The number of hydrogen-bond acceptors (Lipinski definition) is 4. The van der Waals surface area contributed by atoms with Gasteiger partial charge in [-0.3, -0.25) is 4.68 Å². The van der Waals surface area contributed by atoms with E-state index in [4.69, 9.17) is 15.6 Å². The van der Waals surface area contributed by atoms with Crippen molar-refractivity contribution in [3.05, 3.63) is 18.2 Å². The third kappa shape index (κ3) is 2.38. The lowest BCUT2D eigenvalue weighted by Gasteiger charge is -2.24. The number of nitrogens with zero attached hydrogens (tertiary/aromatic N) is 2. The Morgan fingerprint density at radius 2 is 2.26 bits per heavy atom. The molecule has 1 aromatic carbocycles. The molecule has 0 spiro atoms. The van der Waals surface area contributed by atoms with Gasteiger partial charge in [0.25, 0.3) is 0 Å². The van der Waals surface area contributed by atoms with E-state index in [-0.39, 0.29) is 6.61 Å². The number of benzene rings is 1. The summed E-state index contributed by atoms with van der Waals surface area (Å²) < 4.78 is 7.60. The van der Waals surface area contributed by atoms with Crippen LogP contribution < -0.4 is 10.5 Å². The van der Waals surface area contributed by atoms with E-state index < -0.39 is 0 Å². The second-order valence-corrected chi connectivity index (χ2v) is 5.14. The van der Waals surface area contributed by atoms with Crippen molar-refractivity contribution in [3.63, 3.8) is 0 Å². The van der Waals surface area contributed by atoms with Crippen LogP contribution in [0.4, 0.5) is 5.69 Å². The van der Waals surface area contributed by atoms with Crippen molar-refractivity contribution in [1.29, 1.82) is 0 Å². The lowest BCUT2D eigenvalue weighted by Crippen LogP contribution is -2.19. The molecular weight excluding hydrogens is 242 g/mol. The first-order valence-corrected chi connectivity index (χ1v) is 6.77. The Bertz CT molecular complexity index is 575. The van der Waals surface area contributed by atoms with Gasteiger partial charge in [-0.15, -0.1) is 5.10 Å². The first-order valence-electron chi connectivity index (χ1n) is 6.77. The predicted octanol–water partition coefficient (Wildman–Crippen LogP) is 1.79. The van der Waals surface area contributed by atoms with E-state index in [0.29, 0.717) is 24.0 Å². The molecule has 0 saturated heterocycles. The summed E-state index contributed by atoms with van der Waals surface area (Å²) in [5.74, 6) is 1.29. The van der Waals surface area contributed by atoms with E-state index in [1.165, 1.54) is 19.3 Å². The van der Waals surface area contributed by atoms with Crippen molar-refractivity contribution in [2.45, 2.75) is 25.8 Å². The Morgan fingerprint density at radius 3 is 2.95 bits per heavy atom. The van der Waals surface area contributed by atoms with Crippen LogP contribution in [-0.4, -0.2) is 28.1 Å². The second-order valence-electron chi connectivity index (χ2n) is 5.14. The van der Waals surface area contributed by atoms with Gasteiger partial charge in [-0.05, 0) is 37.0 Å². The number of anilines is 1. The highest BCUT2D eigenvalue weighted by Gasteiger charge is 2.19. The third-order valence-corrected chi connectivity index (χ3v) is 3.73. The smallest absolute Gasteiger partial charge is 0.240 e. The minimum absolute atomic E-state index is 0.0588. The highest BCUT2D eigenvalue weighted by Crippen LogP contribution is 2.30.